The van der Waals surface area contributed by atoms with Crippen molar-refractivity contribution in [2.75, 3.05) is 32.7 Å². The molecule has 0 amide bonds. The highest BCUT2D eigenvalue weighted by Gasteiger charge is 2.17. The fourth-order valence-electron chi connectivity index (χ4n) is 2.24. The summed E-state index contributed by atoms with van der Waals surface area (Å²) in [6.07, 6.45) is 0. The first-order valence-electron chi connectivity index (χ1n) is 6.60. The first kappa shape index (κ1) is 12.9. The Morgan fingerprint density at radius 1 is 1.17 bits per heavy atom. The van der Waals surface area contributed by atoms with E-state index in [1.54, 1.807) is 0 Å². The Balaban J connectivity index is 1.82. The number of aliphatic imine (C=N–C) groups is 1. The highest BCUT2D eigenvalue weighted by atomic mass is 15.3. The summed E-state index contributed by atoms with van der Waals surface area (Å²) in [5.74, 6) is 0.692. The van der Waals surface area contributed by atoms with Crippen LogP contribution >= 0.6 is 0 Å². The van der Waals surface area contributed by atoms with Crippen LogP contribution in [0.2, 0.25) is 0 Å². The van der Waals surface area contributed by atoms with Crippen LogP contribution in [0.1, 0.15) is 12.5 Å². The van der Waals surface area contributed by atoms with Crippen LogP contribution in [-0.4, -0.2) is 48.5 Å². The fourth-order valence-corrected chi connectivity index (χ4v) is 2.24. The van der Waals surface area contributed by atoms with Gasteiger partial charge in [0.1, 0.15) is 0 Å². The summed E-state index contributed by atoms with van der Waals surface area (Å²) in [7, 11) is 0. The van der Waals surface area contributed by atoms with Crippen molar-refractivity contribution in [3.63, 3.8) is 0 Å². The molecule has 0 spiro atoms. The van der Waals surface area contributed by atoms with E-state index < -0.39 is 0 Å². The van der Waals surface area contributed by atoms with Gasteiger partial charge >= 0.3 is 0 Å². The van der Waals surface area contributed by atoms with E-state index in [0.717, 1.165) is 39.3 Å². The summed E-state index contributed by atoms with van der Waals surface area (Å²) in [6.45, 7) is 7.85. The van der Waals surface area contributed by atoms with Gasteiger partial charge in [-0.25, -0.2) is 0 Å². The topological polar surface area (TPSA) is 44.9 Å². The van der Waals surface area contributed by atoms with E-state index in [4.69, 9.17) is 5.73 Å². The van der Waals surface area contributed by atoms with Crippen molar-refractivity contribution in [2.24, 2.45) is 10.7 Å². The van der Waals surface area contributed by atoms with E-state index >= 15 is 0 Å². The van der Waals surface area contributed by atoms with Crippen LogP contribution in [0.5, 0.6) is 0 Å². The lowest BCUT2D eigenvalue weighted by molar-refractivity contribution is 0.174. The molecule has 1 aromatic rings. The number of nitrogens with zero attached hydrogens (tertiary/aromatic N) is 3. The number of guanidine groups is 1. The monoisotopic (exact) mass is 246 g/mol. The Morgan fingerprint density at radius 3 is 2.44 bits per heavy atom. The second kappa shape index (κ2) is 6.40. The molecule has 1 aliphatic rings. The Bertz CT molecular complexity index is 380. The van der Waals surface area contributed by atoms with E-state index in [2.05, 4.69) is 45.1 Å². The Kier molecular flexibility index (Phi) is 4.59. The van der Waals surface area contributed by atoms with Gasteiger partial charge in [0.15, 0.2) is 5.96 Å². The molecule has 1 aromatic carbocycles. The summed E-state index contributed by atoms with van der Waals surface area (Å²) in [5, 5.41) is 0. The molecule has 0 radical (unpaired) electrons. The van der Waals surface area contributed by atoms with E-state index in [0.29, 0.717) is 5.96 Å². The molecule has 18 heavy (non-hydrogen) atoms. The maximum absolute atomic E-state index is 5.91. The fraction of sp³-hybridized carbons (Fsp3) is 0.500. The molecule has 4 nitrogen and oxygen atoms in total. The minimum absolute atomic E-state index is 0.692. The molecule has 0 aliphatic carbocycles. The number of rotatable bonds is 3. The average Bonchev–Trinajstić information content (AvgIpc) is 2.41. The second-order valence-corrected chi connectivity index (χ2v) is 4.58. The van der Waals surface area contributed by atoms with Crippen LogP contribution in [0.4, 0.5) is 0 Å². The van der Waals surface area contributed by atoms with Crippen molar-refractivity contribution < 1.29 is 0 Å². The number of piperazine rings is 1. The molecule has 0 saturated carbocycles. The third-order valence-corrected chi connectivity index (χ3v) is 3.27. The molecular formula is C14H22N4. The molecule has 2 rings (SSSR count). The lowest BCUT2D eigenvalue weighted by atomic mass is 10.2. The van der Waals surface area contributed by atoms with Crippen molar-refractivity contribution in [2.45, 2.75) is 13.5 Å². The van der Waals surface area contributed by atoms with Crippen LogP contribution in [0.25, 0.3) is 0 Å². The maximum Gasteiger partial charge on any atom is 0.191 e. The lowest BCUT2D eigenvalue weighted by Crippen LogP contribution is -2.50. The highest BCUT2D eigenvalue weighted by molar-refractivity contribution is 5.78. The van der Waals surface area contributed by atoms with Gasteiger partial charge in [-0.2, -0.15) is 0 Å². The van der Waals surface area contributed by atoms with E-state index in [9.17, 15) is 0 Å². The third-order valence-electron chi connectivity index (χ3n) is 3.27. The summed E-state index contributed by atoms with van der Waals surface area (Å²) in [5.41, 5.74) is 7.29. The van der Waals surface area contributed by atoms with Crippen molar-refractivity contribution in [3.05, 3.63) is 35.9 Å². The molecule has 0 unspecified atom stereocenters. The molecular weight excluding hydrogens is 224 g/mol. The summed E-state index contributed by atoms with van der Waals surface area (Å²) >= 11 is 0. The molecule has 1 fully saturated rings. The van der Waals surface area contributed by atoms with E-state index in [-0.39, 0.29) is 0 Å². The van der Waals surface area contributed by atoms with E-state index in [1.165, 1.54) is 5.56 Å². The summed E-state index contributed by atoms with van der Waals surface area (Å²) in [4.78, 5) is 8.89. The first-order chi connectivity index (χ1) is 8.79. The first-order valence-corrected chi connectivity index (χ1v) is 6.60. The van der Waals surface area contributed by atoms with Crippen LogP contribution in [0.15, 0.2) is 35.3 Å². The zero-order chi connectivity index (χ0) is 12.8. The second-order valence-electron chi connectivity index (χ2n) is 4.58. The minimum atomic E-state index is 0.692. The Hall–Kier alpha value is -1.55. The van der Waals surface area contributed by atoms with Crippen molar-refractivity contribution >= 4 is 5.96 Å². The molecule has 0 aromatic heterocycles. The number of hydrogen-bond acceptors (Lipinski definition) is 2. The average molecular weight is 246 g/mol. The zero-order valence-electron chi connectivity index (χ0n) is 11.0. The van der Waals surface area contributed by atoms with Gasteiger partial charge in [-0.15, -0.1) is 0 Å². The normalized spacial score (nSPS) is 18.1. The van der Waals surface area contributed by atoms with Gasteiger partial charge in [0.2, 0.25) is 0 Å². The summed E-state index contributed by atoms with van der Waals surface area (Å²) in [6, 6.07) is 10.6. The number of hydrogen-bond donors (Lipinski definition) is 1. The number of nitrogens with two attached hydrogens (primary N) is 1. The quantitative estimate of drug-likeness (QED) is 0.642. The predicted molar refractivity (Wildman–Crippen MR) is 75.5 cm³/mol. The number of benzene rings is 1. The molecule has 1 saturated heterocycles. The predicted octanol–water partition coefficient (Wildman–Crippen LogP) is 1.14. The van der Waals surface area contributed by atoms with Crippen molar-refractivity contribution in [3.8, 4) is 0 Å². The van der Waals surface area contributed by atoms with Crippen LogP contribution in [0.3, 0.4) is 0 Å². The van der Waals surface area contributed by atoms with Gasteiger partial charge in [-0.3, -0.25) is 9.89 Å². The SMILES string of the molecule is CCN=C(N)N1CCN(Cc2ccccc2)CC1. The largest absolute Gasteiger partial charge is 0.370 e. The Labute approximate surface area is 109 Å². The molecule has 1 aliphatic heterocycles. The Morgan fingerprint density at radius 2 is 1.83 bits per heavy atom. The summed E-state index contributed by atoms with van der Waals surface area (Å²) < 4.78 is 0. The van der Waals surface area contributed by atoms with Gasteiger partial charge in [0.05, 0.1) is 0 Å². The smallest absolute Gasteiger partial charge is 0.191 e. The van der Waals surface area contributed by atoms with Gasteiger partial charge < -0.3 is 10.6 Å². The van der Waals surface area contributed by atoms with E-state index in [1.807, 2.05) is 6.92 Å². The van der Waals surface area contributed by atoms with Gasteiger partial charge in [0.25, 0.3) is 0 Å². The molecule has 0 bridgehead atoms. The molecule has 98 valence electrons. The molecule has 4 heteroatoms. The molecule has 2 N–H and O–H groups in total. The van der Waals surface area contributed by atoms with Crippen molar-refractivity contribution in [1.29, 1.82) is 0 Å². The highest BCUT2D eigenvalue weighted by Crippen LogP contribution is 2.08. The standard InChI is InChI=1S/C14H22N4/c1-2-16-14(15)18-10-8-17(9-11-18)12-13-6-4-3-5-7-13/h3-7H,2,8-12H2,1H3,(H2,15,16). The lowest BCUT2D eigenvalue weighted by Gasteiger charge is -2.35. The van der Waals surface area contributed by atoms with Gasteiger partial charge in [-0.1, -0.05) is 30.3 Å². The maximum atomic E-state index is 5.91. The minimum Gasteiger partial charge on any atom is -0.370 e. The van der Waals surface area contributed by atoms with Gasteiger partial charge in [-0.05, 0) is 12.5 Å². The molecule has 0 atom stereocenters. The molecule has 1 heterocycles. The van der Waals surface area contributed by atoms with Crippen LogP contribution < -0.4 is 5.73 Å². The van der Waals surface area contributed by atoms with Gasteiger partial charge in [0, 0.05) is 39.3 Å². The zero-order valence-corrected chi connectivity index (χ0v) is 11.0. The van der Waals surface area contributed by atoms with Crippen LogP contribution in [-0.2, 0) is 6.54 Å². The van der Waals surface area contributed by atoms with Crippen LogP contribution in [0, 0.1) is 0 Å². The van der Waals surface area contributed by atoms with Crippen molar-refractivity contribution in [1.82, 2.24) is 9.80 Å². The third kappa shape index (κ3) is 3.47.